The van der Waals surface area contributed by atoms with Crippen LogP contribution in [-0.4, -0.2) is 39.9 Å². The summed E-state index contributed by atoms with van der Waals surface area (Å²) in [5.74, 6) is 0.319. The van der Waals surface area contributed by atoms with Crippen LogP contribution in [0.3, 0.4) is 0 Å². The number of nitrogens with zero attached hydrogens (tertiary/aromatic N) is 1. The largest absolute Gasteiger partial charge is 0.468 e. The minimum absolute atomic E-state index is 0.0487. The molecule has 1 unspecified atom stereocenters. The van der Waals surface area contributed by atoms with Crippen LogP contribution in [0, 0.1) is 0 Å². The third-order valence-electron chi connectivity index (χ3n) is 4.49. The summed E-state index contributed by atoms with van der Waals surface area (Å²) < 4.78 is 33.3. The van der Waals surface area contributed by atoms with Crippen molar-refractivity contribution in [3.8, 4) is 0 Å². The van der Waals surface area contributed by atoms with Gasteiger partial charge < -0.3 is 9.73 Å². The second kappa shape index (κ2) is 9.34. The number of sulfonamides is 1. The number of benzene rings is 2. The first-order valence-electron chi connectivity index (χ1n) is 9.13. The average molecular weight is 448 g/mol. The highest BCUT2D eigenvalue weighted by Gasteiger charge is 2.21. The molecule has 3 rings (SSSR count). The number of anilines is 1. The molecule has 1 atom stereocenters. The van der Waals surface area contributed by atoms with Gasteiger partial charge in [0.1, 0.15) is 5.76 Å². The van der Waals surface area contributed by atoms with Crippen LogP contribution in [0.15, 0.2) is 76.2 Å². The lowest BCUT2D eigenvalue weighted by molar-refractivity contribution is 0.0940. The van der Waals surface area contributed by atoms with Crippen molar-refractivity contribution in [2.75, 3.05) is 25.4 Å². The molecule has 1 heterocycles. The Kier molecular flexibility index (Phi) is 6.81. The molecule has 0 spiro atoms. The molecule has 2 aromatic carbocycles. The van der Waals surface area contributed by atoms with Crippen LogP contribution in [0.5, 0.6) is 0 Å². The van der Waals surface area contributed by atoms with E-state index in [1.165, 1.54) is 24.3 Å². The number of hydrogen-bond donors (Lipinski definition) is 2. The predicted molar refractivity (Wildman–Crippen MR) is 116 cm³/mol. The molecular weight excluding hydrogens is 426 g/mol. The van der Waals surface area contributed by atoms with E-state index in [0.717, 1.165) is 5.76 Å². The standard InChI is InChI=1S/C21H22ClN3O4S/c1-25(2)19(20-8-5-13-29-20)14-23-21(26)17-6-3-4-7-18(17)24-30(27,28)16-11-9-15(22)10-12-16/h3-13,19,24H,14H2,1-2H3,(H,23,26). The van der Waals surface area contributed by atoms with Crippen molar-refractivity contribution in [1.29, 1.82) is 0 Å². The fourth-order valence-electron chi connectivity index (χ4n) is 2.89. The summed E-state index contributed by atoms with van der Waals surface area (Å²) in [4.78, 5) is 14.8. The van der Waals surface area contributed by atoms with Gasteiger partial charge in [-0.05, 0) is 62.6 Å². The van der Waals surface area contributed by atoms with Crippen molar-refractivity contribution in [2.24, 2.45) is 0 Å². The summed E-state index contributed by atoms with van der Waals surface area (Å²) in [5.41, 5.74) is 0.399. The molecule has 0 saturated heterocycles. The maximum Gasteiger partial charge on any atom is 0.261 e. The van der Waals surface area contributed by atoms with E-state index in [4.69, 9.17) is 16.0 Å². The Labute approximate surface area is 180 Å². The molecule has 2 N–H and O–H groups in total. The molecule has 9 heteroatoms. The number of rotatable bonds is 8. The first-order valence-corrected chi connectivity index (χ1v) is 11.0. The average Bonchev–Trinajstić information content (AvgIpc) is 3.22. The van der Waals surface area contributed by atoms with Gasteiger partial charge in [0.2, 0.25) is 0 Å². The maximum atomic E-state index is 12.8. The van der Waals surface area contributed by atoms with Gasteiger partial charge in [-0.2, -0.15) is 0 Å². The smallest absolute Gasteiger partial charge is 0.261 e. The van der Waals surface area contributed by atoms with Crippen molar-refractivity contribution in [3.05, 3.63) is 83.3 Å². The molecular formula is C21H22ClN3O4S. The zero-order chi connectivity index (χ0) is 21.7. The van der Waals surface area contributed by atoms with Crippen LogP contribution < -0.4 is 10.0 Å². The van der Waals surface area contributed by atoms with Gasteiger partial charge in [0.05, 0.1) is 28.5 Å². The molecule has 0 aliphatic heterocycles. The molecule has 0 radical (unpaired) electrons. The minimum Gasteiger partial charge on any atom is -0.468 e. The quantitative estimate of drug-likeness (QED) is 0.548. The Balaban J connectivity index is 1.77. The summed E-state index contributed by atoms with van der Waals surface area (Å²) in [6, 6.07) is 15.7. The fourth-order valence-corrected chi connectivity index (χ4v) is 4.10. The van der Waals surface area contributed by atoms with Crippen LogP contribution in [-0.2, 0) is 10.0 Å². The lowest BCUT2D eigenvalue weighted by Gasteiger charge is -2.23. The van der Waals surface area contributed by atoms with Crippen LogP contribution >= 0.6 is 11.6 Å². The number of halogens is 1. The zero-order valence-corrected chi connectivity index (χ0v) is 18.1. The van der Waals surface area contributed by atoms with Gasteiger partial charge in [0, 0.05) is 11.6 Å². The Morgan fingerprint density at radius 1 is 1.07 bits per heavy atom. The second-order valence-corrected chi connectivity index (χ2v) is 8.93. The van der Waals surface area contributed by atoms with Gasteiger partial charge in [-0.3, -0.25) is 14.4 Å². The number of para-hydroxylation sites is 1. The second-order valence-electron chi connectivity index (χ2n) is 6.81. The molecule has 0 fully saturated rings. The van der Waals surface area contributed by atoms with E-state index in [1.54, 1.807) is 36.6 Å². The monoisotopic (exact) mass is 447 g/mol. The number of hydrogen-bond acceptors (Lipinski definition) is 5. The Hall–Kier alpha value is -2.81. The summed E-state index contributed by atoms with van der Waals surface area (Å²) in [5, 5.41) is 3.28. The summed E-state index contributed by atoms with van der Waals surface area (Å²) in [6.07, 6.45) is 1.58. The highest BCUT2D eigenvalue weighted by molar-refractivity contribution is 7.92. The minimum atomic E-state index is -3.88. The van der Waals surface area contributed by atoms with Crippen molar-refractivity contribution >= 4 is 33.2 Å². The normalized spacial score (nSPS) is 12.5. The molecule has 3 aromatic rings. The maximum absolute atomic E-state index is 12.8. The van der Waals surface area contributed by atoms with E-state index >= 15 is 0 Å². The van der Waals surface area contributed by atoms with E-state index in [2.05, 4.69) is 10.0 Å². The zero-order valence-electron chi connectivity index (χ0n) is 16.5. The molecule has 0 aliphatic carbocycles. The van der Waals surface area contributed by atoms with Crippen molar-refractivity contribution in [3.63, 3.8) is 0 Å². The van der Waals surface area contributed by atoms with Crippen LogP contribution in [0.25, 0.3) is 0 Å². The molecule has 0 bridgehead atoms. The number of nitrogens with one attached hydrogen (secondary N) is 2. The van der Waals surface area contributed by atoms with Gasteiger partial charge >= 0.3 is 0 Å². The van der Waals surface area contributed by atoms with Gasteiger partial charge in [-0.1, -0.05) is 23.7 Å². The summed E-state index contributed by atoms with van der Waals surface area (Å²) >= 11 is 5.83. The molecule has 158 valence electrons. The van der Waals surface area contributed by atoms with Crippen molar-refractivity contribution in [2.45, 2.75) is 10.9 Å². The number of likely N-dealkylation sites (N-methyl/N-ethyl adjacent to an activating group) is 1. The topological polar surface area (TPSA) is 91.7 Å². The lowest BCUT2D eigenvalue weighted by atomic mass is 10.1. The highest BCUT2D eigenvalue weighted by Crippen LogP contribution is 2.22. The molecule has 0 saturated carbocycles. The molecule has 30 heavy (non-hydrogen) atoms. The molecule has 1 amide bonds. The summed E-state index contributed by atoms with van der Waals surface area (Å²) in [6.45, 7) is 0.289. The third kappa shape index (κ3) is 5.21. The van der Waals surface area contributed by atoms with E-state index in [1.807, 2.05) is 25.1 Å². The Bertz CT molecular complexity index is 1100. The Morgan fingerprint density at radius 2 is 1.77 bits per heavy atom. The SMILES string of the molecule is CN(C)C(CNC(=O)c1ccccc1NS(=O)(=O)c1ccc(Cl)cc1)c1ccco1. The number of furan rings is 1. The van der Waals surface area contributed by atoms with Crippen LogP contribution in [0.1, 0.15) is 22.2 Å². The number of carbonyl (C=O) groups is 1. The van der Waals surface area contributed by atoms with Gasteiger partial charge in [0.25, 0.3) is 15.9 Å². The van der Waals surface area contributed by atoms with E-state index in [0.29, 0.717) is 5.02 Å². The number of carbonyl (C=O) groups excluding carboxylic acids is 1. The Morgan fingerprint density at radius 3 is 2.40 bits per heavy atom. The molecule has 1 aromatic heterocycles. The molecule has 0 aliphatic rings. The van der Waals surface area contributed by atoms with Gasteiger partial charge in [-0.15, -0.1) is 0 Å². The van der Waals surface area contributed by atoms with Crippen LogP contribution in [0.4, 0.5) is 5.69 Å². The lowest BCUT2D eigenvalue weighted by Crippen LogP contribution is -2.34. The third-order valence-corrected chi connectivity index (χ3v) is 6.12. The predicted octanol–water partition coefficient (Wildman–Crippen LogP) is 3.77. The summed E-state index contributed by atoms with van der Waals surface area (Å²) in [7, 11) is -0.113. The van der Waals surface area contributed by atoms with Crippen LogP contribution in [0.2, 0.25) is 5.02 Å². The van der Waals surface area contributed by atoms with Crippen molar-refractivity contribution < 1.29 is 17.6 Å². The van der Waals surface area contributed by atoms with Gasteiger partial charge in [-0.25, -0.2) is 8.42 Å². The van der Waals surface area contributed by atoms with E-state index in [-0.39, 0.29) is 28.7 Å². The van der Waals surface area contributed by atoms with Crippen molar-refractivity contribution in [1.82, 2.24) is 10.2 Å². The molecule has 7 nitrogen and oxygen atoms in total. The first kappa shape index (κ1) is 21.9. The highest BCUT2D eigenvalue weighted by atomic mass is 35.5. The first-order chi connectivity index (χ1) is 14.3. The van der Waals surface area contributed by atoms with E-state index in [9.17, 15) is 13.2 Å². The van der Waals surface area contributed by atoms with Gasteiger partial charge in [0.15, 0.2) is 0 Å². The van der Waals surface area contributed by atoms with E-state index < -0.39 is 15.9 Å². The fraction of sp³-hybridized carbons (Fsp3) is 0.190. The number of amides is 1.